The summed E-state index contributed by atoms with van der Waals surface area (Å²) in [6, 6.07) is 20.4. The van der Waals surface area contributed by atoms with Crippen molar-refractivity contribution in [2.75, 3.05) is 0 Å². The highest BCUT2D eigenvalue weighted by Gasteiger charge is 2.86. The average molecular weight is 683 g/mol. The fourth-order valence-corrected chi connectivity index (χ4v) is 9.55. The van der Waals surface area contributed by atoms with E-state index < -0.39 is 49.7 Å². The van der Waals surface area contributed by atoms with Gasteiger partial charge in [0.2, 0.25) is 0 Å². The van der Waals surface area contributed by atoms with E-state index in [-0.39, 0.29) is 31.2 Å². The van der Waals surface area contributed by atoms with Crippen molar-refractivity contribution in [3.05, 3.63) is 110 Å². The molecule has 0 radical (unpaired) electrons. The molecule has 0 amide bonds. The second kappa shape index (κ2) is 11.7. The third-order valence-corrected chi connectivity index (χ3v) is 11.6. The number of carbonyl (C=O) groups excluding carboxylic acids is 1. The van der Waals surface area contributed by atoms with Crippen LogP contribution in [0.3, 0.4) is 0 Å². The van der Waals surface area contributed by atoms with Crippen molar-refractivity contribution in [3.8, 4) is 5.75 Å². The predicted octanol–water partition coefficient (Wildman–Crippen LogP) is 8.90. The van der Waals surface area contributed by atoms with Gasteiger partial charge in [-0.15, -0.1) is 0 Å². The first-order valence-electron chi connectivity index (χ1n) is 12.3. The molecule has 0 fully saturated rings. The van der Waals surface area contributed by atoms with Crippen molar-refractivity contribution in [1.29, 1.82) is 0 Å². The Morgan fingerprint density at radius 3 is 1.58 bits per heavy atom. The van der Waals surface area contributed by atoms with E-state index in [4.69, 9.17) is 8.37 Å². The van der Waals surface area contributed by atoms with Crippen LogP contribution in [-0.4, -0.2) is 37.7 Å². The summed E-state index contributed by atoms with van der Waals surface area (Å²) in [6.45, 7) is 3.28. The van der Waals surface area contributed by atoms with E-state index >= 15 is 8.78 Å². The molecular formula is C29H19F9O5S2. The monoisotopic (exact) mass is 682 g/mol. The lowest BCUT2D eigenvalue weighted by molar-refractivity contribution is -0.382. The number of ether oxygens (including phenoxy) is 1. The van der Waals surface area contributed by atoms with Crippen LogP contribution < -0.4 is 4.74 Å². The Kier molecular flexibility index (Phi) is 8.82. The van der Waals surface area contributed by atoms with Crippen molar-refractivity contribution >= 4 is 37.2 Å². The van der Waals surface area contributed by atoms with Gasteiger partial charge in [-0.3, -0.25) is 0 Å². The summed E-state index contributed by atoms with van der Waals surface area (Å²) in [5.41, 5.74) is 0. The van der Waals surface area contributed by atoms with Crippen LogP contribution in [0.25, 0.3) is 10.8 Å². The molecule has 0 heterocycles. The van der Waals surface area contributed by atoms with Crippen molar-refractivity contribution in [2.45, 2.75) is 38.0 Å². The number of esters is 1. The molecule has 0 unspecified atom stereocenters. The topological polar surface area (TPSA) is 69.7 Å². The Hall–Kier alpha value is -4.02. The molecule has 4 rings (SSSR count). The molecule has 0 saturated carbocycles. The number of halogens is 9. The Morgan fingerprint density at radius 1 is 0.644 bits per heavy atom. The highest BCUT2D eigenvalue weighted by molar-refractivity contribution is 8.33. The lowest BCUT2D eigenvalue weighted by atomic mass is 10.1. The molecule has 0 spiro atoms. The third-order valence-electron chi connectivity index (χ3n) is 6.30. The number of hydrogen-bond acceptors (Lipinski definition) is 5. The first-order valence-corrected chi connectivity index (χ1v) is 15.3. The van der Waals surface area contributed by atoms with Gasteiger partial charge in [0.15, 0.2) is 0 Å². The van der Waals surface area contributed by atoms with Gasteiger partial charge in [-0.05, 0) is 46.7 Å². The minimum absolute atomic E-state index is 0.0412. The number of hydrogen-bond donors (Lipinski definition) is 0. The van der Waals surface area contributed by atoms with Gasteiger partial charge in [0.25, 0.3) is 0 Å². The largest absolute Gasteiger partial charge is 0.460 e. The van der Waals surface area contributed by atoms with Gasteiger partial charge in [0.05, 0.1) is 0 Å². The first kappa shape index (κ1) is 33.9. The number of rotatable bonds is 10. The second-order valence-electron chi connectivity index (χ2n) is 9.10. The van der Waals surface area contributed by atoms with E-state index in [9.17, 15) is 43.9 Å². The molecule has 16 heteroatoms. The summed E-state index contributed by atoms with van der Waals surface area (Å²) < 4.78 is 162. The molecular weight excluding hydrogens is 663 g/mol. The zero-order valence-electron chi connectivity index (χ0n) is 22.3. The number of alkyl halides is 9. The molecule has 0 saturated heterocycles. The minimum atomic E-state index is -7.53. The number of fused-ring (bicyclic) bond motifs is 1. The van der Waals surface area contributed by atoms with Crippen LogP contribution in [0, 0.1) is 0 Å². The van der Waals surface area contributed by atoms with Crippen molar-refractivity contribution in [1.82, 2.24) is 0 Å². The Balaban J connectivity index is 2.11. The van der Waals surface area contributed by atoms with Gasteiger partial charge < -0.3 is 4.74 Å². The summed E-state index contributed by atoms with van der Waals surface area (Å²) in [7, 11) is -11.7. The molecule has 0 atom stereocenters. The Labute approximate surface area is 251 Å². The van der Waals surface area contributed by atoms with Crippen LogP contribution in [0.1, 0.15) is 0 Å². The fraction of sp³-hybridized carbons (Fsp3) is 0.138. The molecule has 4 aromatic rings. The summed E-state index contributed by atoms with van der Waals surface area (Å²) in [6.07, 6.45) is -6.45. The van der Waals surface area contributed by atoms with Gasteiger partial charge in [0, 0.05) is 31.5 Å². The SMILES string of the molecule is C=CC(=O)Oc1ccc(S(OS(=O)(=O)C(F)(F)C(F)(F)C(F)(F)C(F)(F)F)(c2ccccc2)c2ccccc2)c2ccccc12. The van der Waals surface area contributed by atoms with Crippen LogP contribution in [0.15, 0.2) is 124 Å². The van der Waals surface area contributed by atoms with Crippen molar-refractivity contribution < 1.29 is 61.1 Å². The quantitative estimate of drug-likeness (QED) is 0.0724. The Morgan fingerprint density at radius 2 is 1.11 bits per heavy atom. The molecule has 4 aromatic carbocycles. The van der Waals surface area contributed by atoms with E-state index in [2.05, 4.69) is 6.58 Å². The highest BCUT2D eigenvalue weighted by Crippen LogP contribution is 2.72. The molecule has 0 aliphatic rings. The predicted molar refractivity (Wildman–Crippen MR) is 146 cm³/mol. The third kappa shape index (κ3) is 5.55. The zero-order chi connectivity index (χ0) is 33.5. The van der Waals surface area contributed by atoms with Crippen LogP contribution in [0.2, 0.25) is 0 Å². The van der Waals surface area contributed by atoms with Gasteiger partial charge in [0.1, 0.15) is 5.75 Å². The molecule has 0 aliphatic carbocycles. The van der Waals surface area contributed by atoms with Gasteiger partial charge >= 0.3 is 39.4 Å². The zero-order valence-corrected chi connectivity index (χ0v) is 23.9. The first-order chi connectivity index (χ1) is 20.8. The van der Waals surface area contributed by atoms with E-state index in [1.54, 1.807) is 0 Å². The maximum absolute atomic E-state index is 15.1. The molecule has 5 nitrogen and oxygen atoms in total. The van der Waals surface area contributed by atoms with E-state index in [0.29, 0.717) is 0 Å². The lowest BCUT2D eigenvalue weighted by Gasteiger charge is -2.42. The normalized spacial score (nSPS) is 13.8. The van der Waals surface area contributed by atoms with Gasteiger partial charge in [-0.1, -0.05) is 67.2 Å². The van der Waals surface area contributed by atoms with E-state index in [1.165, 1.54) is 84.9 Å². The maximum Gasteiger partial charge on any atom is 0.460 e. The average Bonchev–Trinajstić information content (AvgIpc) is 3.00. The van der Waals surface area contributed by atoms with Gasteiger partial charge in [-0.2, -0.15) is 47.9 Å². The highest BCUT2D eigenvalue weighted by atomic mass is 32.3. The Bertz CT molecular complexity index is 1790. The molecule has 0 bridgehead atoms. The molecule has 0 aliphatic heterocycles. The smallest absolute Gasteiger partial charge is 0.423 e. The van der Waals surface area contributed by atoms with Crippen molar-refractivity contribution in [2.24, 2.45) is 0 Å². The molecule has 45 heavy (non-hydrogen) atoms. The van der Waals surface area contributed by atoms with E-state index in [1.807, 2.05) is 0 Å². The summed E-state index contributed by atoms with van der Waals surface area (Å²) in [5.74, 6) is -16.1. The molecule has 240 valence electrons. The molecule has 0 N–H and O–H groups in total. The summed E-state index contributed by atoms with van der Waals surface area (Å²) >= 11 is 0. The van der Waals surface area contributed by atoms with E-state index in [0.717, 1.165) is 18.2 Å². The summed E-state index contributed by atoms with van der Waals surface area (Å²) in [5, 5.41) is -7.12. The van der Waals surface area contributed by atoms with Crippen LogP contribution >= 0.6 is 10.3 Å². The fourth-order valence-electron chi connectivity index (χ4n) is 4.16. The van der Waals surface area contributed by atoms with Crippen molar-refractivity contribution in [3.63, 3.8) is 0 Å². The standard InChI is InChI=1S/C29H19F9O5S2/c1-2-25(39)42-23-17-18-24(22-16-10-9-15-21(22)23)44(19-11-5-3-6-12-19,20-13-7-4-8-14-20)43-45(40,41)29(37,38)27(32,33)26(30,31)28(34,35)36/h2-18H,1H2. The summed E-state index contributed by atoms with van der Waals surface area (Å²) in [4.78, 5) is 11.1. The minimum Gasteiger partial charge on any atom is -0.423 e. The van der Waals surface area contributed by atoms with Crippen LogP contribution in [0.4, 0.5) is 39.5 Å². The number of carbonyl (C=O) groups is 1. The van der Waals surface area contributed by atoms with Crippen LogP contribution in [0.5, 0.6) is 5.75 Å². The lowest BCUT2D eigenvalue weighted by Crippen LogP contribution is -2.63. The second-order valence-corrected chi connectivity index (χ2v) is 13.6. The maximum atomic E-state index is 15.1. The van der Waals surface area contributed by atoms with Gasteiger partial charge in [-0.25, -0.2) is 8.42 Å². The van der Waals surface area contributed by atoms with Crippen LogP contribution in [-0.2, 0) is 18.5 Å². The molecule has 0 aromatic heterocycles. The number of benzene rings is 4.